The van der Waals surface area contributed by atoms with E-state index < -0.39 is 16.8 Å². The molecule has 1 N–H and O–H groups in total. The third kappa shape index (κ3) is 5.08. The zero-order chi connectivity index (χ0) is 21.0. The number of nitrogens with one attached hydrogen (secondary N) is 1. The number of nitro groups is 1. The number of nitrogens with zero attached hydrogens (tertiary/aromatic N) is 1. The van der Waals surface area contributed by atoms with Crippen molar-refractivity contribution >= 4 is 45.8 Å². The summed E-state index contributed by atoms with van der Waals surface area (Å²) in [5.41, 5.74) is 0.282. The van der Waals surface area contributed by atoms with Crippen LogP contribution in [-0.4, -0.2) is 16.8 Å². The van der Waals surface area contributed by atoms with Crippen LogP contribution in [0.4, 0.5) is 11.4 Å². The first-order valence-corrected chi connectivity index (χ1v) is 9.26. The molecular formula is C20H12IN2O6-. The van der Waals surface area contributed by atoms with Gasteiger partial charge in [0.25, 0.3) is 11.6 Å². The maximum absolute atomic E-state index is 12.4. The molecule has 0 aliphatic heterocycles. The fourth-order valence-electron chi connectivity index (χ4n) is 2.44. The Morgan fingerprint density at radius 3 is 2.07 bits per heavy atom. The predicted octanol–water partition coefficient (Wildman–Crippen LogP) is 3.61. The summed E-state index contributed by atoms with van der Waals surface area (Å²) in [5, 5.41) is 24.5. The monoisotopic (exact) mass is 503 g/mol. The molecule has 146 valence electrons. The number of carboxylic acid groups (broad SMARTS) is 1. The minimum Gasteiger partial charge on any atom is -0.545 e. The second kappa shape index (κ2) is 8.69. The number of carbonyl (C=O) groups excluding carboxylic acids is 2. The van der Waals surface area contributed by atoms with Crippen LogP contribution >= 0.6 is 22.6 Å². The number of carbonyl (C=O) groups is 2. The number of ether oxygens (including phenoxy) is 1. The molecule has 0 saturated carbocycles. The Balaban J connectivity index is 1.71. The number of amides is 1. The van der Waals surface area contributed by atoms with Gasteiger partial charge in [0, 0.05) is 26.8 Å². The Kier molecular flexibility index (Phi) is 6.07. The lowest BCUT2D eigenvalue weighted by molar-refractivity contribution is -0.384. The number of rotatable bonds is 6. The molecule has 3 aromatic carbocycles. The summed E-state index contributed by atoms with van der Waals surface area (Å²) in [4.78, 5) is 33.8. The van der Waals surface area contributed by atoms with Gasteiger partial charge in [-0.25, -0.2) is 0 Å². The van der Waals surface area contributed by atoms with Crippen LogP contribution in [0.15, 0.2) is 66.7 Å². The highest BCUT2D eigenvalue weighted by atomic mass is 127. The van der Waals surface area contributed by atoms with Crippen LogP contribution in [0.5, 0.6) is 11.5 Å². The molecule has 0 spiro atoms. The first-order chi connectivity index (χ1) is 13.8. The molecule has 0 aliphatic carbocycles. The number of aromatic carboxylic acids is 1. The number of halogens is 1. The van der Waals surface area contributed by atoms with E-state index in [0.29, 0.717) is 20.6 Å². The molecule has 0 aliphatic rings. The van der Waals surface area contributed by atoms with Crippen molar-refractivity contribution in [3.63, 3.8) is 0 Å². The lowest BCUT2D eigenvalue weighted by Gasteiger charge is -2.12. The minimum absolute atomic E-state index is 0.0455. The molecule has 0 fully saturated rings. The van der Waals surface area contributed by atoms with E-state index in [1.165, 1.54) is 48.5 Å². The predicted molar refractivity (Wildman–Crippen MR) is 111 cm³/mol. The summed E-state index contributed by atoms with van der Waals surface area (Å²) < 4.78 is 6.29. The highest BCUT2D eigenvalue weighted by Gasteiger charge is 2.11. The SMILES string of the molecule is O=C(Nc1ccc(I)cc1C(=O)[O-])c1ccc(Oc2ccc([N+](=O)[O-])cc2)cc1. The molecule has 0 heterocycles. The van der Waals surface area contributed by atoms with Crippen LogP contribution in [0, 0.1) is 13.7 Å². The van der Waals surface area contributed by atoms with E-state index in [2.05, 4.69) is 5.32 Å². The highest BCUT2D eigenvalue weighted by Crippen LogP contribution is 2.25. The van der Waals surface area contributed by atoms with E-state index in [4.69, 9.17) is 4.74 Å². The van der Waals surface area contributed by atoms with Crippen LogP contribution in [0.2, 0.25) is 0 Å². The summed E-state index contributed by atoms with van der Waals surface area (Å²) in [5.74, 6) is -1.04. The number of hydrogen-bond donors (Lipinski definition) is 1. The van der Waals surface area contributed by atoms with Gasteiger partial charge in [-0.1, -0.05) is 0 Å². The van der Waals surface area contributed by atoms with Crippen LogP contribution in [0.3, 0.4) is 0 Å². The van der Waals surface area contributed by atoms with Crippen molar-refractivity contribution < 1.29 is 24.4 Å². The van der Waals surface area contributed by atoms with Crippen molar-refractivity contribution in [2.24, 2.45) is 0 Å². The summed E-state index contributed by atoms with van der Waals surface area (Å²) in [6.07, 6.45) is 0. The maximum Gasteiger partial charge on any atom is 0.269 e. The Morgan fingerprint density at radius 2 is 1.52 bits per heavy atom. The number of non-ortho nitro benzene ring substituents is 1. The Hall–Kier alpha value is -3.47. The van der Waals surface area contributed by atoms with Crippen LogP contribution in [0.1, 0.15) is 20.7 Å². The lowest BCUT2D eigenvalue weighted by atomic mass is 10.1. The minimum atomic E-state index is -1.38. The first kappa shape index (κ1) is 20.3. The van der Waals surface area contributed by atoms with Gasteiger partial charge < -0.3 is 20.0 Å². The van der Waals surface area contributed by atoms with Gasteiger partial charge >= 0.3 is 0 Å². The van der Waals surface area contributed by atoms with Crippen LogP contribution in [0.25, 0.3) is 0 Å². The van der Waals surface area contributed by atoms with Crippen molar-refractivity contribution in [3.05, 3.63) is 91.5 Å². The molecule has 0 aromatic heterocycles. The van der Waals surface area contributed by atoms with Crippen molar-refractivity contribution in [2.45, 2.75) is 0 Å². The number of anilines is 1. The van der Waals surface area contributed by atoms with E-state index in [-0.39, 0.29) is 16.9 Å². The first-order valence-electron chi connectivity index (χ1n) is 8.18. The molecule has 9 heteroatoms. The Bertz CT molecular complexity index is 1080. The fourth-order valence-corrected chi connectivity index (χ4v) is 2.93. The average Bonchev–Trinajstić information content (AvgIpc) is 2.70. The highest BCUT2D eigenvalue weighted by molar-refractivity contribution is 14.1. The van der Waals surface area contributed by atoms with Gasteiger partial charge in [0.05, 0.1) is 16.6 Å². The second-order valence-electron chi connectivity index (χ2n) is 5.81. The third-order valence-corrected chi connectivity index (χ3v) is 4.52. The van der Waals surface area contributed by atoms with Crippen LogP contribution < -0.4 is 15.2 Å². The zero-order valence-corrected chi connectivity index (χ0v) is 16.8. The van der Waals surface area contributed by atoms with Crippen molar-refractivity contribution in [1.29, 1.82) is 0 Å². The summed E-state index contributed by atoms with van der Waals surface area (Å²) in [7, 11) is 0. The quantitative estimate of drug-likeness (QED) is 0.312. The molecule has 0 radical (unpaired) electrons. The van der Waals surface area contributed by atoms with Crippen molar-refractivity contribution in [1.82, 2.24) is 0 Å². The molecule has 0 saturated heterocycles. The van der Waals surface area contributed by atoms with E-state index in [9.17, 15) is 24.8 Å². The normalized spacial score (nSPS) is 10.2. The van der Waals surface area contributed by atoms with Gasteiger partial charge in [0.2, 0.25) is 0 Å². The summed E-state index contributed by atoms with van der Waals surface area (Å²) in [6, 6.07) is 16.3. The summed E-state index contributed by atoms with van der Waals surface area (Å²) in [6.45, 7) is 0. The zero-order valence-electron chi connectivity index (χ0n) is 14.6. The molecule has 0 unspecified atom stereocenters. The Labute approximate surface area is 178 Å². The largest absolute Gasteiger partial charge is 0.545 e. The molecule has 29 heavy (non-hydrogen) atoms. The fraction of sp³-hybridized carbons (Fsp3) is 0. The van der Waals surface area contributed by atoms with Gasteiger partial charge in [-0.3, -0.25) is 14.9 Å². The molecule has 8 nitrogen and oxygen atoms in total. The number of benzene rings is 3. The topological polar surface area (TPSA) is 122 Å². The van der Waals surface area contributed by atoms with Gasteiger partial charge in [-0.2, -0.15) is 0 Å². The van der Waals surface area contributed by atoms with Crippen LogP contribution in [-0.2, 0) is 0 Å². The molecular weight excluding hydrogens is 491 g/mol. The number of nitro benzene ring substituents is 1. The van der Waals surface area contributed by atoms with Gasteiger partial charge in [-0.15, -0.1) is 0 Å². The van der Waals surface area contributed by atoms with E-state index in [1.54, 1.807) is 18.2 Å². The van der Waals surface area contributed by atoms with Crippen molar-refractivity contribution in [3.8, 4) is 11.5 Å². The van der Waals surface area contributed by atoms with Gasteiger partial charge in [-0.05, 0) is 77.2 Å². The van der Waals surface area contributed by atoms with E-state index in [0.717, 1.165) is 0 Å². The number of carboxylic acids is 1. The third-order valence-electron chi connectivity index (χ3n) is 3.85. The molecule has 1 amide bonds. The van der Waals surface area contributed by atoms with Gasteiger partial charge in [0.1, 0.15) is 11.5 Å². The van der Waals surface area contributed by atoms with Gasteiger partial charge in [0.15, 0.2) is 0 Å². The average molecular weight is 503 g/mol. The maximum atomic E-state index is 12.4. The standard InChI is InChI=1S/C20H13IN2O6/c21-13-3-10-18(17(11-13)20(25)26)22-19(24)12-1-6-15(7-2-12)29-16-8-4-14(5-9-16)23(27)28/h1-11H,(H,22,24)(H,25,26)/p-1. The lowest BCUT2D eigenvalue weighted by Crippen LogP contribution is -2.25. The van der Waals surface area contributed by atoms with Crippen molar-refractivity contribution in [2.75, 3.05) is 5.32 Å². The molecule has 0 atom stereocenters. The smallest absolute Gasteiger partial charge is 0.269 e. The Morgan fingerprint density at radius 1 is 0.931 bits per heavy atom. The summed E-state index contributed by atoms with van der Waals surface area (Å²) >= 11 is 1.97. The second-order valence-corrected chi connectivity index (χ2v) is 7.05. The van der Waals surface area contributed by atoms with E-state index >= 15 is 0 Å². The number of hydrogen-bond acceptors (Lipinski definition) is 6. The molecule has 3 rings (SSSR count). The van der Waals surface area contributed by atoms with E-state index in [1.807, 2.05) is 22.6 Å². The molecule has 0 bridgehead atoms. The molecule has 3 aromatic rings.